The minimum atomic E-state index is -1.69. The summed E-state index contributed by atoms with van der Waals surface area (Å²) in [5.74, 6) is -3.56. The summed E-state index contributed by atoms with van der Waals surface area (Å²) >= 11 is 0. The van der Waals surface area contributed by atoms with Crippen LogP contribution < -0.4 is 4.74 Å². The van der Waals surface area contributed by atoms with Crippen molar-refractivity contribution in [1.29, 1.82) is 0 Å². The number of hydrogen-bond acceptors (Lipinski definition) is 3. The number of halogens is 1. The Kier molecular flexibility index (Phi) is 3.04. The van der Waals surface area contributed by atoms with Crippen molar-refractivity contribution in [3.63, 3.8) is 0 Å². The van der Waals surface area contributed by atoms with E-state index >= 15 is 0 Å². The molecule has 1 rings (SSSR count). The second-order valence-corrected chi connectivity index (χ2v) is 2.94. The third-order valence-corrected chi connectivity index (χ3v) is 1.90. The van der Waals surface area contributed by atoms with E-state index in [1.165, 1.54) is 20.1 Å². The zero-order chi connectivity index (χ0) is 11.6. The average molecular weight is 212 g/mol. The molecule has 0 heterocycles. The number of carboxylic acids is 1. The summed E-state index contributed by atoms with van der Waals surface area (Å²) < 4.78 is 18.2. The van der Waals surface area contributed by atoms with E-state index in [1.54, 1.807) is 0 Å². The predicted octanol–water partition coefficient (Wildman–Crippen LogP) is 1.41. The molecule has 0 bridgehead atoms. The predicted molar refractivity (Wildman–Crippen MR) is 49.7 cm³/mol. The quantitative estimate of drug-likeness (QED) is 0.607. The normalized spacial score (nSPS) is 9.80. The Labute approximate surface area is 85.3 Å². The first-order valence-electron chi connectivity index (χ1n) is 4.09. The lowest BCUT2D eigenvalue weighted by atomic mass is 10.1. The third kappa shape index (κ3) is 2.12. The van der Waals surface area contributed by atoms with Crippen LogP contribution in [0.5, 0.6) is 5.75 Å². The zero-order valence-electron chi connectivity index (χ0n) is 8.20. The minimum absolute atomic E-state index is 0.166. The number of ketones is 1. The lowest BCUT2D eigenvalue weighted by Gasteiger charge is -2.06. The van der Waals surface area contributed by atoms with Gasteiger partial charge in [-0.1, -0.05) is 0 Å². The highest BCUT2D eigenvalue weighted by molar-refractivity contribution is 6.40. The Hall–Kier alpha value is -1.91. The van der Waals surface area contributed by atoms with Gasteiger partial charge in [-0.2, -0.15) is 0 Å². The summed E-state index contributed by atoms with van der Waals surface area (Å²) in [6.07, 6.45) is 0. The first-order chi connectivity index (χ1) is 6.97. The maximum absolute atomic E-state index is 13.4. The van der Waals surface area contributed by atoms with Crippen molar-refractivity contribution in [3.05, 3.63) is 29.1 Å². The highest BCUT2D eigenvalue weighted by Gasteiger charge is 2.21. The Balaban J connectivity index is 3.34. The number of aryl methyl sites for hydroxylation is 1. The van der Waals surface area contributed by atoms with Gasteiger partial charge in [0.1, 0.15) is 11.6 Å². The van der Waals surface area contributed by atoms with Gasteiger partial charge in [0.05, 0.1) is 12.7 Å². The van der Waals surface area contributed by atoms with Crippen LogP contribution in [-0.2, 0) is 4.79 Å². The standard InChI is InChI=1S/C10H9FO4/c1-5-3-6(15-2)4-7(8(5)11)9(12)10(13)14/h3-4H,1-2H3,(H,13,14). The van der Waals surface area contributed by atoms with Gasteiger partial charge in [-0.25, -0.2) is 9.18 Å². The fraction of sp³-hybridized carbons (Fsp3) is 0.200. The summed E-state index contributed by atoms with van der Waals surface area (Å²) in [4.78, 5) is 21.5. The van der Waals surface area contributed by atoms with Gasteiger partial charge in [-0.05, 0) is 24.6 Å². The molecule has 1 N–H and O–H groups in total. The van der Waals surface area contributed by atoms with Crippen molar-refractivity contribution in [2.45, 2.75) is 6.92 Å². The first kappa shape index (κ1) is 11.2. The Bertz CT molecular complexity index is 426. The van der Waals surface area contributed by atoms with Crippen molar-refractivity contribution in [2.24, 2.45) is 0 Å². The van der Waals surface area contributed by atoms with Crippen molar-refractivity contribution >= 4 is 11.8 Å². The molecule has 0 saturated heterocycles. The van der Waals surface area contributed by atoms with Gasteiger partial charge in [0.2, 0.25) is 0 Å². The summed E-state index contributed by atoms with van der Waals surface area (Å²) in [6, 6.07) is 2.45. The summed E-state index contributed by atoms with van der Waals surface area (Å²) in [7, 11) is 1.35. The van der Waals surface area contributed by atoms with Crippen LogP contribution in [0.3, 0.4) is 0 Å². The van der Waals surface area contributed by atoms with E-state index < -0.39 is 23.1 Å². The van der Waals surface area contributed by atoms with Crippen LogP contribution >= 0.6 is 0 Å². The van der Waals surface area contributed by atoms with Crippen LogP contribution in [0.1, 0.15) is 15.9 Å². The maximum atomic E-state index is 13.4. The van der Waals surface area contributed by atoms with Gasteiger partial charge in [-0.15, -0.1) is 0 Å². The van der Waals surface area contributed by atoms with Crippen molar-refractivity contribution < 1.29 is 23.8 Å². The van der Waals surface area contributed by atoms with E-state index in [4.69, 9.17) is 9.84 Å². The number of Topliss-reactive ketones (excluding diaryl/α,β-unsaturated/α-hetero) is 1. The van der Waals surface area contributed by atoms with Crippen LogP contribution in [0.25, 0.3) is 0 Å². The highest BCUT2D eigenvalue weighted by Crippen LogP contribution is 2.21. The highest BCUT2D eigenvalue weighted by atomic mass is 19.1. The molecule has 0 radical (unpaired) electrons. The van der Waals surface area contributed by atoms with E-state index in [1.807, 2.05) is 0 Å². The van der Waals surface area contributed by atoms with Crippen molar-refractivity contribution in [2.75, 3.05) is 7.11 Å². The van der Waals surface area contributed by atoms with E-state index in [2.05, 4.69) is 0 Å². The molecular formula is C10H9FO4. The minimum Gasteiger partial charge on any atom is -0.497 e. The number of benzene rings is 1. The largest absolute Gasteiger partial charge is 0.497 e. The van der Waals surface area contributed by atoms with Gasteiger partial charge in [0, 0.05) is 0 Å². The van der Waals surface area contributed by atoms with E-state index in [9.17, 15) is 14.0 Å². The van der Waals surface area contributed by atoms with Gasteiger partial charge >= 0.3 is 5.97 Å². The summed E-state index contributed by atoms with van der Waals surface area (Å²) in [5.41, 5.74) is -0.321. The number of carboxylic acid groups (broad SMARTS) is 1. The molecule has 0 saturated carbocycles. The molecule has 80 valence electrons. The molecule has 0 aliphatic heterocycles. The van der Waals surface area contributed by atoms with Gasteiger partial charge in [0.25, 0.3) is 5.78 Å². The number of carbonyl (C=O) groups excluding carboxylic acids is 1. The van der Waals surface area contributed by atoms with Gasteiger partial charge < -0.3 is 9.84 Å². The van der Waals surface area contributed by atoms with Gasteiger partial charge in [0.15, 0.2) is 0 Å². The summed E-state index contributed by atoms with van der Waals surface area (Å²) in [5, 5.41) is 8.46. The van der Waals surface area contributed by atoms with Crippen LogP contribution in [0.2, 0.25) is 0 Å². The number of methoxy groups -OCH3 is 1. The molecule has 0 fully saturated rings. The van der Waals surface area contributed by atoms with Gasteiger partial charge in [-0.3, -0.25) is 4.79 Å². The second kappa shape index (κ2) is 4.08. The number of ether oxygens (including phenoxy) is 1. The SMILES string of the molecule is COc1cc(C)c(F)c(C(=O)C(=O)O)c1. The lowest BCUT2D eigenvalue weighted by Crippen LogP contribution is -2.15. The van der Waals surface area contributed by atoms with Crippen molar-refractivity contribution in [3.8, 4) is 5.75 Å². The number of aliphatic carboxylic acids is 1. The molecule has 1 aromatic carbocycles. The van der Waals surface area contributed by atoms with Crippen molar-refractivity contribution in [1.82, 2.24) is 0 Å². The molecular weight excluding hydrogens is 203 g/mol. The Morgan fingerprint density at radius 1 is 1.40 bits per heavy atom. The number of rotatable bonds is 3. The van der Waals surface area contributed by atoms with E-state index in [0.717, 1.165) is 6.07 Å². The molecule has 15 heavy (non-hydrogen) atoms. The fourth-order valence-corrected chi connectivity index (χ4v) is 1.13. The smallest absolute Gasteiger partial charge is 0.377 e. The van der Waals surface area contributed by atoms with Crippen LogP contribution in [0.4, 0.5) is 4.39 Å². The molecule has 0 atom stereocenters. The Morgan fingerprint density at radius 2 is 2.00 bits per heavy atom. The molecule has 0 amide bonds. The van der Waals surface area contributed by atoms with Crippen LogP contribution in [-0.4, -0.2) is 24.0 Å². The Morgan fingerprint density at radius 3 is 2.47 bits per heavy atom. The molecule has 0 spiro atoms. The first-order valence-corrected chi connectivity index (χ1v) is 4.09. The molecule has 0 aromatic heterocycles. The maximum Gasteiger partial charge on any atom is 0.377 e. The fourth-order valence-electron chi connectivity index (χ4n) is 1.13. The van der Waals surface area contributed by atoms with E-state index in [0.29, 0.717) is 0 Å². The molecule has 5 heteroatoms. The molecule has 0 aliphatic rings. The number of carbonyl (C=O) groups is 2. The lowest BCUT2D eigenvalue weighted by molar-refractivity contribution is -0.131. The average Bonchev–Trinajstić information content (AvgIpc) is 2.20. The summed E-state index contributed by atoms with van der Waals surface area (Å²) in [6.45, 7) is 1.43. The van der Waals surface area contributed by atoms with Crippen LogP contribution in [0, 0.1) is 12.7 Å². The molecule has 0 unspecified atom stereocenters. The zero-order valence-corrected chi connectivity index (χ0v) is 8.20. The second-order valence-electron chi connectivity index (χ2n) is 2.94. The number of hydrogen-bond donors (Lipinski definition) is 1. The monoisotopic (exact) mass is 212 g/mol. The topological polar surface area (TPSA) is 63.6 Å². The third-order valence-electron chi connectivity index (χ3n) is 1.90. The molecule has 1 aromatic rings. The molecule has 4 nitrogen and oxygen atoms in total. The van der Waals surface area contributed by atoms with E-state index in [-0.39, 0.29) is 11.3 Å². The molecule has 0 aliphatic carbocycles. The van der Waals surface area contributed by atoms with Crippen LogP contribution in [0.15, 0.2) is 12.1 Å².